The highest BCUT2D eigenvalue weighted by Crippen LogP contribution is 2.20. The van der Waals surface area contributed by atoms with Crippen molar-refractivity contribution in [3.63, 3.8) is 0 Å². The largest absolute Gasteiger partial charge is 0.394 e. The number of carbonyl (C=O) groups is 1. The Morgan fingerprint density at radius 1 is 1.47 bits per heavy atom. The van der Waals surface area contributed by atoms with E-state index in [2.05, 4.69) is 5.32 Å². The summed E-state index contributed by atoms with van der Waals surface area (Å²) in [6.45, 7) is 2.51. The lowest BCUT2D eigenvalue weighted by atomic mass is 10.00. The number of amides is 1. The van der Waals surface area contributed by atoms with Crippen molar-refractivity contribution in [2.75, 3.05) is 13.2 Å². The first kappa shape index (κ1) is 14.0. The van der Waals surface area contributed by atoms with E-state index in [1.165, 1.54) is 0 Å². The maximum Gasteiger partial charge on any atom is 0.226 e. The highest BCUT2D eigenvalue weighted by Gasteiger charge is 2.31. The van der Waals surface area contributed by atoms with Gasteiger partial charge in [0.1, 0.15) is 0 Å². The molecule has 1 heterocycles. The molecule has 2 rings (SSSR count). The predicted molar refractivity (Wildman–Crippen MR) is 72.7 cm³/mol. The Hall–Kier alpha value is -1.39. The zero-order valence-corrected chi connectivity index (χ0v) is 11.2. The predicted octanol–water partition coefficient (Wildman–Crippen LogP) is 1.13. The molecule has 2 N–H and O–H groups in total. The maximum atomic E-state index is 12.1. The van der Waals surface area contributed by atoms with Crippen LogP contribution in [-0.4, -0.2) is 36.4 Å². The molecular formula is C15H21NO3. The number of ether oxygens (including phenoxy) is 1. The second-order valence-corrected chi connectivity index (χ2v) is 5.05. The fraction of sp³-hybridized carbons (Fsp3) is 0.533. The minimum Gasteiger partial charge on any atom is -0.394 e. The van der Waals surface area contributed by atoms with Gasteiger partial charge in [-0.3, -0.25) is 4.79 Å². The Bertz CT molecular complexity index is 407. The number of nitrogens with one attached hydrogen (secondary N) is 1. The average molecular weight is 263 g/mol. The van der Waals surface area contributed by atoms with Crippen LogP contribution in [0.4, 0.5) is 0 Å². The lowest BCUT2D eigenvalue weighted by Crippen LogP contribution is -2.43. The highest BCUT2D eigenvalue weighted by molar-refractivity contribution is 5.79. The molecular weight excluding hydrogens is 242 g/mol. The van der Waals surface area contributed by atoms with Crippen LogP contribution in [0.5, 0.6) is 0 Å². The number of rotatable bonds is 5. The lowest BCUT2D eigenvalue weighted by molar-refractivity contribution is -0.127. The summed E-state index contributed by atoms with van der Waals surface area (Å²) in [7, 11) is 0. The molecule has 1 aromatic carbocycles. The Kier molecular flexibility index (Phi) is 4.93. The van der Waals surface area contributed by atoms with Gasteiger partial charge in [0, 0.05) is 6.61 Å². The van der Waals surface area contributed by atoms with Crippen molar-refractivity contribution in [2.24, 2.45) is 5.92 Å². The zero-order chi connectivity index (χ0) is 13.7. The van der Waals surface area contributed by atoms with Gasteiger partial charge in [-0.15, -0.1) is 0 Å². The quantitative estimate of drug-likeness (QED) is 0.837. The average Bonchev–Trinajstić information content (AvgIpc) is 2.85. The van der Waals surface area contributed by atoms with Crippen molar-refractivity contribution in [3.8, 4) is 0 Å². The molecule has 104 valence electrons. The van der Waals surface area contributed by atoms with Gasteiger partial charge in [-0.05, 0) is 25.3 Å². The molecule has 1 aromatic rings. The minimum atomic E-state index is -0.234. The molecule has 4 heteroatoms. The number of carbonyl (C=O) groups excluding carboxylic acids is 1. The summed E-state index contributed by atoms with van der Waals surface area (Å²) in [4.78, 5) is 12.1. The summed E-state index contributed by atoms with van der Waals surface area (Å²) >= 11 is 0. The van der Waals surface area contributed by atoms with Crippen LogP contribution in [0, 0.1) is 5.92 Å². The van der Waals surface area contributed by atoms with Crippen LogP contribution in [0.25, 0.3) is 0 Å². The SMILES string of the molecule is CC1OCCC1C(=O)N[C@H](CO)Cc1ccccc1. The van der Waals surface area contributed by atoms with Crippen LogP contribution >= 0.6 is 0 Å². The number of aliphatic hydroxyl groups is 1. The van der Waals surface area contributed by atoms with Crippen LogP contribution < -0.4 is 5.32 Å². The van der Waals surface area contributed by atoms with E-state index in [9.17, 15) is 9.90 Å². The molecule has 2 unspecified atom stereocenters. The Morgan fingerprint density at radius 2 is 2.21 bits per heavy atom. The van der Waals surface area contributed by atoms with Crippen molar-refractivity contribution in [3.05, 3.63) is 35.9 Å². The van der Waals surface area contributed by atoms with Gasteiger partial charge >= 0.3 is 0 Å². The van der Waals surface area contributed by atoms with Crippen molar-refractivity contribution in [2.45, 2.75) is 31.9 Å². The van der Waals surface area contributed by atoms with Gasteiger partial charge in [0.05, 0.1) is 24.7 Å². The first-order valence-electron chi connectivity index (χ1n) is 6.77. The standard InChI is InChI=1S/C15H21NO3/c1-11-14(7-8-19-11)15(18)16-13(10-17)9-12-5-3-2-4-6-12/h2-6,11,13-14,17H,7-10H2,1H3,(H,16,18)/t11?,13-,14?/m0/s1. The van der Waals surface area contributed by atoms with Crippen LogP contribution in [0.2, 0.25) is 0 Å². The van der Waals surface area contributed by atoms with Gasteiger partial charge < -0.3 is 15.2 Å². The van der Waals surface area contributed by atoms with E-state index >= 15 is 0 Å². The molecule has 19 heavy (non-hydrogen) atoms. The van der Waals surface area contributed by atoms with Crippen molar-refractivity contribution >= 4 is 5.91 Å². The van der Waals surface area contributed by atoms with Crippen molar-refractivity contribution in [1.82, 2.24) is 5.32 Å². The molecule has 0 saturated carbocycles. The molecule has 1 aliphatic rings. The lowest BCUT2D eigenvalue weighted by Gasteiger charge is -2.20. The molecule has 3 atom stereocenters. The zero-order valence-electron chi connectivity index (χ0n) is 11.2. The Balaban J connectivity index is 1.90. The number of hydrogen-bond donors (Lipinski definition) is 2. The van der Waals surface area contributed by atoms with Gasteiger partial charge in [0.15, 0.2) is 0 Å². The van der Waals surface area contributed by atoms with E-state index in [1.54, 1.807) is 0 Å². The van der Waals surface area contributed by atoms with Gasteiger partial charge in [-0.1, -0.05) is 30.3 Å². The fourth-order valence-electron chi connectivity index (χ4n) is 2.44. The Labute approximate surface area is 113 Å². The minimum absolute atomic E-state index is 0.0139. The molecule has 1 amide bonds. The van der Waals surface area contributed by atoms with Gasteiger partial charge in [0.2, 0.25) is 5.91 Å². The molecule has 1 aliphatic heterocycles. The highest BCUT2D eigenvalue weighted by atomic mass is 16.5. The molecule has 0 bridgehead atoms. The van der Waals surface area contributed by atoms with Gasteiger partial charge in [-0.25, -0.2) is 0 Å². The molecule has 4 nitrogen and oxygen atoms in total. The van der Waals surface area contributed by atoms with E-state index in [4.69, 9.17) is 4.74 Å². The molecule has 0 aromatic heterocycles. The topological polar surface area (TPSA) is 58.6 Å². The second-order valence-electron chi connectivity index (χ2n) is 5.05. The van der Waals surface area contributed by atoms with Crippen LogP contribution in [-0.2, 0) is 16.0 Å². The van der Waals surface area contributed by atoms with Gasteiger partial charge in [0.25, 0.3) is 0 Å². The van der Waals surface area contributed by atoms with E-state index in [-0.39, 0.29) is 30.6 Å². The number of benzene rings is 1. The number of aliphatic hydroxyl groups excluding tert-OH is 1. The first-order valence-corrected chi connectivity index (χ1v) is 6.77. The van der Waals surface area contributed by atoms with Crippen molar-refractivity contribution < 1.29 is 14.6 Å². The summed E-state index contributed by atoms with van der Waals surface area (Å²) in [6, 6.07) is 9.62. The molecule has 1 saturated heterocycles. The summed E-state index contributed by atoms with van der Waals surface area (Å²) < 4.78 is 5.40. The molecule has 0 radical (unpaired) electrons. The monoisotopic (exact) mass is 263 g/mol. The van der Waals surface area contributed by atoms with Crippen LogP contribution in [0.15, 0.2) is 30.3 Å². The van der Waals surface area contributed by atoms with Crippen LogP contribution in [0.1, 0.15) is 18.9 Å². The second kappa shape index (κ2) is 6.68. The third-order valence-electron chi connectivity index (χ3n) is 3.60. The summed E-state index contributed by atoms with van der Waals surface area (Å²) in [5, 5.41) is 12.3. The Morgan fingerprint density at radius 3 is 2.79 bits per heavy atom. The van der Waals surface area contributed by atoms with Gasteiger partial charge in [-0.2, -0.15) is 0 Å². The summed E-state index contributed by atoms with van der Waals surface area (Å²) in [5.41, 5.74) is 1.11. The number of hydrogen-bond acceptors (Lipinski definition) is 3. The first-order chi connectivity index (χ1) is 9.20. The van der Waals surface area contributed by atoms with E-state index in [0.717, 1.165) is 12.0 Å². The van der Waals surface area contributed by atoms with Crippen molar-refractivity contribution in [1.29, 1.82) is 0 Å². The normalized spacial score (nSPS) is 24.1. The van der Waals surface area contributed by atoms with Crippen LogP contribution in [0.3, 0.4) is 0 Å². The third kappa shape index (κ3) is 3.78. The summed E-state index contributed by atoms with van der Waals surface area (Å²) in [5.74, 6) is -0.107. The van der Waals surface area contributed by atoms with E-state index in [1.807, 2.05) is 37.3 Å². The molecule has 0 spiro atoms. The molecule has 1 fully saturated rings. The fourth-order valence-corrected chi connectivity index (χ4v) is 2.44. The smallest absolute Gasteiger partial charge is 0.226 e. The third-order valence-corrected chi connectivity index (χ3v) is 3.60. The van der Waals surface area contributed by atoms with E-state index < -0.39 is 0 Å². The summed E-state index contributed by atoms with van der Waals surface area (Å²) in [6.07, 6.45) is 1.37. The maximum absolute atomic E-state index is 12.1. The van der Waals surface area contributed by atoms with E-state index in [0.29, 0.717) is 13.0 Å². The molecule has 0 aliphatic carbocycles.